The number of aromatic nitrogens is 1. The van der Waals surface area contributed by atoms with Gasteiger partial charge in [-0.3, -0.25) is 4.79 Å². The molecule has 1 amide bonds. The third-order valence-corrected chi connectivity index (χ3v) is 5.77. The lowest BCUT2D eigenvalue weighted by Gasteiger charge is -2.23. The van der Waals surface area contributed by atoms with Gasteiger partial charge >= 0.3 is 0 Å². The Morgan fingerprint density at radius 1 is 1.07 bits per heavy atom. The van der Waals surface area contributed by atoms with Crippen LogP contribution in [0.15, 0.2) is 82.8 Å². The van der Waals surface area contributed by atoms with Crippen molar-refractivity contribution in [3.05, 3.63) is 78.5 Å². The maximum Gasteiger partial charge on any atom is 0.255 e. The van der Waals surface area contributed by atoms with Gasteiger partial charge in [0.1, 0.15) is 17.4 Å². The molecule has 30 heavy (non-hydrogen) atoms. The lowest BCUT2D eigenvalue weighted by Crippen LogP contribution is -2.26. The zero-order valence-electron chi connectivity index (χ0n) is 16.6. The number of nitrogens with zero attached hydrogens (tertiary/aromatic N) is 1. The lowest BCUT2D eigenvalue weighted by atomic mass is 10.1. The van der Waals surface area contributed by atoms with Crippen LogP contribution >= 0.6 is 11.8 Å². The minimum absolute atomic E-state index is 0.117. The van der Waals surface area contributed by atoms with E-state index in [1.807, 2.05) is 66.7 Å². The molecule has 154 valence electrons. The van der Waals surface area contributed by atoms with Crippen LogP contribution in [0, 0.1) is 0 Å². The summed E-state index contributed by atoms with van der Waals surface area (Å²) in [5.41, 5.74) is 1.25. The summed E-state index contributed by atoms with van der Waals surface area (Å²) in [6, 6.07) is 20.8. The summed E-state index contributed by atoms with van der Waals surface area (Å²) < 4.78 is 11.7. The average molecular weight is 421 g/mol. The first-order valence-electron chi connectivity index (χ1n) is 10.1. The van der Waals surface area contributed by atoms with Crippen LogP contribution in [0.5, 0.6) is 5.75 Å². The first-order valence-corrected chi connectivity index (χ1v) is 10.9. The van der Waals surface area contributed by atoms with E-state index in [1.54, 1.807) is 18.0 Å². The number of rotatable bonds is 7. The summed E-state index contributed by atoms with van der Waals surface area (Å²) >= 11 is 1.56. The normalized spacial score (nSPS) is 16.1. The molecule has 1 atom stereocenters. The van der Waals surface area contributed by atoms with Gasteiger partial charge in [0.25, 0.3) is 5.91 Å². The Kier molecular flexibility index (Phi) is 7.00. The van der Waals surface area contributed by atoms with Crippen molar-refractivity contribution in [1.29, 1.82) is 0 Å². The summed E-state index contributed by atoms with van der Waals surface area (Å²) in [5.74, 6) is 0.483. The van der Waals surface area contributed by atoms with Crippen molar-refractivity contribution in [2.75, 3.05) is 18.5 Å². The van der Waals surface area contributed by atoms with E-state index in [9.17, 15) is 4.79 Å². The van der Waals surface area contributed by atoms with Crippen LogP contribution in [0.4, 0.5) is 5.69 Å². The minimum atomic E-state index is -0.172. The number of benzene rings is 2. The highest BCUT2D eigenvalue weighted by molar-refractivity contribution is 7.99. The predicted molar refractivity (Wildman–Crippen MR) is 118 cm³/mol. The summed E-state index contributed by atoms with van der Waals surface area (Å²) in [6.45, 7) is 1.29. The Hall–Kier alpha value is -2.83. The topological polar surface area (TPSA) is 60.5 Å². The average Bonchev–Trinajstić information content (AvgIpc) is 2.80. The number of carbonyl (C=O) groups excluding carboxylic acids is 1. The SMILES string of the molecule is O=C(Nc1ccccc1OCC1CCCCO1)c1ccc(Sc2ccccn2)cc1. The van der Waals surface area contributed by atoms with E-state index in [4.69, 9.17) is 9.47 Å². The molecule has 2 heterocycles. The van der Waals surface area contributed by atoms with Gasteiger partial charge in [-0.1, -0.05) is 30.0 Å². The number of nitrogens with one attached hydrogen (secondary N) is 1. The lowest BCUT2D eigenvalue weighted by molar-refractivity contribution is -0.0109. The Morgan fingerprint density at radius 3 is 2.67 bits per heavy atom. The molecule has 1 saturated heterocycles. The van der Waals surface area contributed by atoms with Crippen LogP contribution in [0.3, 0.4) is 0 Å². The molecule has 3 aromatic rings. The summed E-state index contributed by atoms with van der Waals surface area (Å²) in [7, 11) is 0. The maximum absolute atomic E-state index is 12.7. The van der Waals surface area contributed by atoms with Gasteiger partial charge in [0, 0.05) is 23.3 Å². The van der Waals surface area contributed by atoms with Crippen molar-refractivity contribution < 1.29 is 14.3 Å². The molecule has 1 aliphatic rings. The van der Waals surface area contributed by atoms with Crippen molar-refractivity contribution in [2.24, 2.45) is 0 Å². The van der Waals surface area contributed by atoms with E-state index in [1.165, 1.54) is 6.42 Å². The van der Waals surface area contributed by atoms with Crippen LogP contribution < -0.4 is 10.1 Å². The molecule has 0 aliphatic carbocycles. The van der Waals surface area contributed by atoms with E-state index in [-0.39, 0.29) is 12.0 Å². The molecule has 6 heteroatoms. The van der Waals surface area contributed by atoms with Gasteiger partial charge < -0.3 is 14.8 Å². The fourth-order valence-corrected chi connectivity index (χ4v) is 3.99. The van der Waals surface area contributed by atoms with Gasteiger partial charge in [-0.05, 0) is 67.8 Å². The van der Waals surface area contributed by atoms with Crippen LogP contribution in [0.2, 0.25) is 0 Å². The number of amides is 1. The number of hydrogen-bond acceptors (Lipinski definition) is 5. The third kappa shape index (κ3) is 5.62. The van der Waals surface area contributed by atoms with Crippen molar-refractivity contribution in [2.45, 2.75) is 35.3 Å². The van der Waals surface area contributed by atoms with Crippen molar-refractivity contribution in [3.63, 3.8) is 0 Å². The molecule has 2 aromatic carbocycles. The zero-order chi connectivity index (χ0) is 20.6. The number of para-hydroxylation sites is 2. The van der Waals surface area contributed by atoms with E-state index >= 15 is 0 Å². The van der Waals surface area contributed by atoms with E-state index < -0.39 is 0 Å². The molecular weight excluding hydrogens is 396 g/mol. The van der Waals surface area contributed by atoms with Crippen LogP contribution in [0.1, 0.15) is 29.6 Å². The number of ether oxygens (including phenoxy) is 2. The molecule has 5 nitrogen and oxygen atoms in total. The van der Waals surface area contributed by atoms with Gasteiger partial charge in [0.2, 0.25) is 0 Å². The van der Waals surface area contributed by atoms with Gasteiger partial charge in [-0.15, -0.1) is 0 Å². The van der Waals surface area contributed by atoms with Crippen LogP contribution in [0.25, 0.3) is 0 Å². The molecular formula is C24H24N2O3S. The van der Waals surface area contributed by atoms with Gasteiger partial charge in [0.05, 0.1) is 11.8 Å². The second-order valence-electron chi connectivity index (χ2n) is 7.04. The Labute approximate surface area is 180 Å². The first kappa shape index (κ1) is 20.4. The van der Waals surface area contributed by atoms with Crippen LogP contribution in [-0.4, -0.2) is 30.2 Å². The molecule has 1 fully saturated rings. The highest BCUT2D eigenvalue weighted by Crippen LogP contribution is 2.27. The molecule has 1 N–H and O–H groups in total. The Morgan fingerprint density at radius 2 is 1.90 bits per heavy atom. The highest BCUT2D eigenvalue weighted by atomic mass is 32.2. The molecule has 4 rings (SSSR count). The number of carbonyl (C=O) groups is 1. The Balaban J connectivity index is 1.37. The fourth-order valence-electron chi connectivity index (χ4n) is 3.21. The fraction of sp³-hybridized carbons (Fsp3) is 0.250. The molecule has 0 saturated carbocycles. The number of hydrogen-bond donors (Lipinski definition) is 1. The van der Waals surface area contributed by atoms with Gasteiger partial charge in [0.15, 0.2) is 0 Å². The van der Waals surface area contributed by atoms with E-state index in [0.29, 0.717) is 23.6 Å². The molecule has 0 spiro atoms. The number of pyridine rings is 1. The summed E-state index contributed by atoms with van der Waals surface area (Å²) in [5, 5.41) is 3.88. The maximum atomic E-state index is 12.7. The molecule has 1 aromatic heterocycles. The monoisotopic (exact) mass is 420 g/mol. The predicted octanol–water partition coefficient (Wildman–Crippen LogP) is 5.43. The molecule has 1 unspecified atom stereocenters. The van der Waals surface area contributed by atoms with Crippen LogP contribution in [-0.2, 0) is 4.74 Å². The smallest absolute Gasteiger partial charge is 0.255 e. The quantitative estimate of drug-likeness (QED) is 0.552. The number of anilines is 1. The third-order valence-electron chi connectivity index (χ3n) is 4.81. The molecule has 0 bridgehead atoms. The standard InChI is InChI=1S/C24H24N2O3S/c27-24(18-11-13-20(14-12-18)30-23-10-3-5-15-25-23)26-21-8-1-2-9-22(21)29-17-19-7-4-6-16-28-19/h1-3,5,8-15,19H,4,6-7,16-17H2,(H,26,27). The second kappa shape index (κ2) is 10.3. The summed E-state index contributed by atoms with van der Waals surface area (Å²) in [6.07, 6.45) is 5.18. The van der Waals surface area contributed by atoms with E-state index in [0.717, 1.165) is 29.4 Å². The van der Waals surface area contributed by atoms with Crippen molar-refractivity contribution >= 4 is 23.4 Å². The minimum Gasteiger partial charge on any atom is -0.489 e. The van der Waals surface area contributed by atoms with Crippen molar-refractivity contribution in [1.82, 2.24) is 4.98 Å². The van der Waals surface area contributed by atoms with Gasteiger partial charge in [-0.25, -0.2) is 4.98 Å². The Bertz CT molecular complexity index is 958. The second-order valence-corrected chi connectivity index (χ2v) is 8.14. The van der Waals surface area contributed by atoms with Crippen molar-refractivity contribution in [3.8, 4) is 5.75 Å². The van der Waals surface area contributed by atoms with E-state index in [2.05, 4.69) is 10.3 Å². The summed E-state index contributed by atoms with van der Waals surface area (Å²) in [4.78, 5) is 18.1. The first-order chi connectivity index (χ1) is 14.8. The molecule has 1 aliphatic heterocycles. The highest BCUT2D eigenvalue weighted by Gasteiger charge is 2.16. The van der Waals surface area contributed by atoms with Gasteiger partial charge in [-0.2, -0.15) is 0 Å². The zero-order valence-corrected chi connectivity index (χ0v) is 17.4. The molecule has 0 radical (unpaired) electrons. The largest absolute Gasteiger partial charge is 0.489 e.